The highest BCUT2D eigenvalue weighted by Crippen LogP contribution is 2.68. The molecule has 2 aromatic rings. The van der Waals surface area contributed by atoms with E-state index in [4.69, 9.17) is 0 Å². The largest absolute Gasteiger partial charge is 0.289 e. The Morgan fingerprint density at radius 1 is 0.500 bits per heavy atom. The number of allylic oxidation sites excluding steroid dienone is 8. The normalized spacial score (nSPS) is 28.4. The molecule has 0 N–H and O–H groups in total. The zero-order chi connectivity index (χ0) is 22.0. The first-order chi connectivity index (χ1) is 15.4. The van der Waals surface area contributed by atoms with E-state index in [1.807, 2.05) is 0 Å². The average molecular weight is 417 g/mol. The van der Waals surface area contributed by atoms with Gasteiger partial charge in [0, 0.05) is 46.0 Å². The second-order valence-electron chi connectivity index (χ2n) is 10.2. The van der Waals surface area contributed by atoms with Crippen molar-refractivity contribution in [2.24, 2.45) is 0 Å². The van der Waals surface area contributed by atoms with Crippen LogP contribution in [-0.4, -0.2) is 11.6 Å². The SMILES string of the molecule is CC(C)=C1C2C3=C(C(=O)C4=C(C3=O)C3C(=C(C)C)C4c4ccccc43)C1c1ccccc12. The van der Waals surface area contributed by atoms with E-state index in [1.54, 1.807) is 0 Å². The highest BCUT2D eigenvalue weighted by Gasteiger charge is 2.60. The molecule has 5 aliphatic carbocycles. The van der Waals surface area contributed by atoms with Gasteiger partial charge in [0.05, 0.1) is 0 Å². The Labute approximate surface area is 188 Å². The molecule has 0 heterocycles. The lowest BCUT2D eigenvalue weighted by molar-refractivity contribution is -0.116. The maximum Gasteiger partial charge on any atom is 0.187 e. The van der Waals surface area contributed by atoms with Crippen molar-refractivity contribution >= 4 is 11.6 Å². The Balaban J connectivity index is 1.49. The first-order valence-electron chi connectivity index (χ1n) is 11.5. The zero-order valence-corrected chi connectivity index (χ0v) is 18.7. The van der Waals surface area contributed by atoms with Gasteiger partial charge in [-0.25, -0.2) is 0 Å². The first-order valence-corrected chi connectivity index (χ1v) is 11.5. The van der Waals surface area contributed by atoms with Crippen LogP contribution < -0.4 is 0 Å². The lowest BCUT2D eigenvalue weighted by atomic mass is 9.71. The summed E-state index contributed by atoms with van der Waals surface area (Å²) in [5, 5.41) is 0. The van der Waals surface area contributed by atoms with Crippen LogP contribution in [0.3, 0.4) is 0 Å². The fourth-order valence-electron chi connectivity index (χ4n) is 7.40. The van der Waals surface area contributed by atoms with Crippen molar-refractivity contribution in [1.29, 1.82) is 0 Å². The van der Waals surface area contributed by atoms with Crippen LogP contribution in [0.2, 0.25) is 0 Å². The van der Waals surface area contributed by atoms with Gasteiger partial charge in [0.2, 0.25) is 0 Å². The highest BCUT2D eigenvalue weighted by atomic mass is 16.1. The van der Waals surface area contributed by atoms with Gasteiger partial charge in [-0.3, -0.25) is 9.59 Å². The minimum atomic E-state index is -0.0637. The van der Waals surface area contributed by atoms with Crippen LogP contribution in [0.1, 0.15) is 73.6 Å². The maximum atomic E-state index is 14.3. The lowest BCUT2D eigenvalue weighted by Crippen LogP contribution is -2.29. The van der Waals surface area contributed by atoms with Crippen LogP contribution >= 0.6 is 0 Å². The minimum absolute atomic E-state index is 0.0637. The van der Waals surface area contributed by atoms with E-state index < -0.39 is 0 Å². The minimum Gasteiger partial charge on any atom is -0.289 e. The van der Waals surface area contributed by atoms with Crippen molar-refractivity contribution in [3.05, 3.63) is 115 Å². The molecule has 4 unspecified atom stereocenters. The van der Waals surface area contributed by atoms with E-state index in [9.17, 15) is 9.59 Å². The Morgan fingerprint density at radius 3 is 0.969 bits per heavy atom. The quantitative estimate of drug-likeness (QED) is 0.379. The molecule has 0 amide bonds. The molecule has 0 spiro atoms. The summed E-state index contributed by atoms with van der Waals surface area (Å²) in [4.78, 5) is 28.5. The molecule has 5 aliphatic rings. The molecule has 2 aromatic carbocycles. The summed E-state index contributed by atoms with van der Waals surface area (Å²) in [6.45, 7) is 8.49. The molecule has 0 fully saturated rings. The van der Waals surface area contributed by atoms with Gasteiger partial charge in [0.1, 0.15) is 0 Å². The molecule has 156 valence electrons. The Bertz CT molecular complexity index is 1250. The topological polar surface area (TPSA) is 34.1 Å². The Kier molecular flexibility index (Phi) is 3.29. The number of rotatable bonds is 0. The number of carbonyl (C=O) groups is 2. The van der Waals surface area contributed by atoms with Gasteiger partial charge in [0.25, 0.3) is 0 Å². The molecule has 2 heteroatoms. The van der Waals surface area contributed by atoms with E-state index in [2.05, 4.69) is 76.2 Å². The molecule has 4 atom stereocenters. The molecule has 0 saturated carbocycles. The number of fused-ring (bicyclic) bond motifs is 14. The number of hydrogen-bond acceptors (Lipinski definition) is 2. The van der Waals surface area contributed by atoms with Crippen molar-refractivity contribution in [2.45, 2.75) is 51.4 Å². The second-order valence-corrected chi connectivity index (χ2v) is 10.2. The molecule has 0 radical (unpaired) electrons. The van der Waals surface area contributed by atoms with E-state index in [-0.39, 0.29) is 35.2 Å². The van der Waals surface area contributed by atoms with Crippen molar-refractivity contribution in [2.75, 3.05) is 0 Å². The van der Waals surface area contributed by atoms with Crippen LogP contribution in [0.25, 0.3) is 0 Å². The van der Waals surface area contributed by atoms with Crippen molar-refractivity contribution < 1.29 is 9.59 Å². The van der Waals surface area contributed by atoms with Crippen molar-refractivity contribution in [3.8, 4) is 0 Å². The van der Waals surface area contributed by atoms with Crippen molar-refractivity contribution in [3.63, 3.8) is 0 Å². The first kappa shape index (κ1) is 18.3. The predicted molar refractivity (Wildman–Crippen MR) is 125 cm³/mol. The predicted octanol–water partition coefficient (Wildman–Crippen LogP) is 6.19. The molecule has 2 nitrogen and oxygen atoms in total. The summed E-state index contributed by atoms with van der Waals surface area (Å²) in [5.74, 6) is -0.0119. The van der Waals surface area contributed by atoms with E-state index >= 15 is 0 Å². The molecule has 32 heavy (non-hydrogen) atoms. The molecular formula is C30H24O2. The van der Waals surface area contributed by atoms with Crippen LogP contribution in [0, 0.1) is 0 Å². The monoisotopic (exact) mass is 416 g/mol. The third kappa shape index (κ3) is 1.82. The molecular weight excluding hydrogens is 392 g/mol. The third-order valence-electron chi connectivity index (χ3n) is 8.35. The lowest BCUT2D eigenvalue weighted by Gasteiger charge is -2.30. The fourth-order valence-corrected chi connectivity index (χ4v) is 7.40. The summed E-state index contributed by atoms with van der Waals surface area (Å²) < 4.78 is 0. The van der Waals surface area contributed by atoms with Gasteiger partial charge in [-0.2, -0.15) is 0 Å². The van der Waals surface area contributed by atoms with Gasteiger partial charge in [0.15, 0.2) is 11.6 Å². The molecule has 0 aliphatic heterocycles. The van der Waals surface area contributed by atoms with Gasteiger partial charge in [-0.1, -0.05) is 59.7 Å². The fraction of sp³-hybridized carbons (Fsp3) is 0.267. The molecule has 7 rings (SSSR count). The van der Waals surface area contributed by atoms with E-state index in [0.29, 0.717) is 0 Å². The number of Topliss-reactive ketones (excluding diaryl/α,β-unsaturated/α-hetero) is 2. The van der Waals surface area contributed by atoms with E-state index in [0.717, 1.165) is 22.3 Å². The smallest absolute Gasteiger partial charge is 0.187 e. The summed E-state index contributed by atoms with van der Waals surface area (Å²) in [5.41, 5.74) is 12.9. The summed E-state index contributed by atoms with van der Waals surface area (Å²) in [7, 11) is 0. The number of benzene rings is 2. The van der Waals surface area contributed by atoms with Gasteiger partial charge >= 0.3 is 0 Å². The van der Waals surface area contributed by atoms with Crippen LogP contribution in [0.4, 0.5) is 0 Å². The zero-order valence-electron chi connectivity index (χ0n) is 18.7. The number of carbonyl (C=O) groups excluding carboxylic acids is 2. The van der Waals surface area contributed by atoms with Crippen LogP contribution in [0.5, 0.6) is 0 Å². The summed E-state index contributed by atoms with van der Waals surface area (Å²) in [6.07, 6.45) is 0. The van der Waals surface area contributed by atoms with Gasteiger partial charge in [-0.15, -0.1) is 0 Å². The van der Waals surface area contributed by atoms with Crippen molar-refractivity contribution in [1.82, 2.24) is 0 Å². The van der Waals surface area contributed by atoms with E-state index in [1.165, 1.54) is 44.5 Å². The standard InChI is InChI=1S/C30H24O2/c1-13(2)19-21-15-9-5-6-10-16(15)22(19)26-25(21)29(31)27-23-17-11-7-8-12-18(17)24(20(23)14(3)4)28(27)30(26)32/h5-12,21-24H,1-4H3. The molecule has 4 bridgehead atoms. The number of hydrogen-bond donors (Lipinski definition) is 0. The molecule has 0 aromatic heterocycles. The summed E-state index contributed by atoms with van der Waals surface area (Å²) >= 11 is 0. The third-order valence-corrected chi connectivity index (χ3v) is 8.35. The molecule has 0 saturated heterocycles. The highest BCUT2D eigenvalue weighted by molar-refractivity contribution is 6.31. The number of ketones is 2. The average Bonchev–Trinajstić information content (AvgIpc) is 3.50. The maximum absolute atomic E-state index is 14.3. The van der Waals surface area contributed by atoms with Gasteiger partial charge < -0.3 is 0 Å². The van der Waals surface area contributed by atoms with Crippen LogP contribution in [0.15, 0.2) is 93.1 Å². The van der Waals surface area contributed by atoms with Gasteiger partial charge in [-0.05, 0) is 61.1 Å². The summed E-state index contributed by atoms with van der Waals surface area (Å²) in [6, 6.07) is 16.8. The van der Waals surface area contributed by atoms with Crippen LogP contribution in [-0.2, 0) is 9.59 Å². The second kappa shape index (κ2) is 5.75. The Hall–Kier alpha value is -3.26. The Morgan fingerprint density at radius 2 is 0.750 bits per heavy atom.